The average Bonchev–Trinajstić information content (AvgIpc) is 3.31. The Morgan fingerprint density at radius 1 is 1.13 bits per heavy atom. The lowest BCUT2D eigenvalue weighted by Gasteiger charge is -2.07. The molecule has 30 heavy (non-hydrogen) atoms. The third kappa shape index (κ3) is 4.29. The molecular weight excluding hydrogens is 419 g/mol. The molecule has 4 aromatic rings. The molecular formula is C22H19FN4OS2. The summed E-state index contributed by atoms with van der Waals surface area (Å²) in [5, 5.41) is 14.2. The first kappa shape index (κ1) is 20.3. The predicted octanol–water partition coefficient (Wildman–Crippen LogP) is 5.39. The van der Waals surface area contributed by atoms with E-state index < -0.39 is 0 Å². The molecule has 1 amide bonds. The molecule has 2 aromatic carbocycles. The Kier molecular flexibility index (Phi) is 5.96. The fourth-order valence-electron chi connectivity index (χ4n) is 3.12. The number of rotatable bonds is 6. The van der Waals surface area contributed by atoms with Crippen molar-refractivity contribution in [2.24, 2.45) is 7.05 Å². The van der Waals surface area contributed by atoms with Gasteiger partial charge in [0.05, 0.1) is 5.75 Å². The molecule has 0 fully saturated rings. The van der Waals surface area contributed by atoms with Crippen molar-refractivity contribution in [1.29, 1.82) is 0 Å². The zero-order chi connectivity index (χ0) is 21.1. The van der Waals surface area contributed by atoms with Gasteiger partial charge in [-0.15, -0.1) is 21.5 Å². The minimum atomic E-state index is -0.340. The molecule has 0 atom stereocenters. The van der Waals surface area contributed by atoms with Crippen LogP contribution in [0, 0.1) is 12.7 Å². The monoisotopic (exact) mass is 438 g/mol. The van der Waals surface area contributed by atoms with Crippen LogP contribution in [0.25, 0.3) is 22.5 Å². The molecule has 0 aliphatic heterocycles. The van der Waals surface area contributed by atoms with E-state index in [1.807, 2.05) is 29.8 Å². The molecule has 0 bridgehead atoms. The van der Waals surface area contributed by atoms with Crippen LogP contribution in [0.3, 0.4) is 0 Å². The van der Waals surface area contributed by atoms with Gasteiger partial charge in [-0.3, -0.25) is 4.79 Å². The highest BCUT2D eigenvalue weighted by Crippen LogP contribution is 2.38. The largest absolute Gasteiger partial charge is 0.325 e. The summed E-state index contributed by atoms with van der Waals surface area (Å²) in [7, 11) is 1.90. The van der Waals surface area contributed by atoms with Gasteiger partial charge in [-0.1, -0.05) is 42.1 Å². The van der Waals surface area contributed by atoms with Crippen LogP contribution in [0.15, 0.2) is 65.1 Å². The van der Waals surface area contributed by atoms with Gasteiger partial charge >= 0.3 is 0 Å². The highest BCUT2D eigenvalue weighted by molar-refractivity contribution is 7.99. The molecule has 5 nitrogen and oxygen atoms in total. The molecule has 0 radical (unpaired) electrons. The van der Waals surface area contributed by atoms with Crippen LogP contribution in [-0.4, -0.2) is 26.4 Å². The second-order valence-corrected chi connectivity index (χ2v) is 8.68. The average molecular weight is 439 g/mol. The Bertz CT molecular complexity index is 1170. The number of carbonyl (C=O) groups excluding carboxylic acids is 1. The van der Waals surface area contributed by atoms with Crippen LogP contribution < -0.4 is 5.32 Å². The lowest BCUT2D eigenvalue weighted by Crippen LogP contribution is -2.14. The molecule has 152 valence electrons. The van der Waals surface area contributed by atoms with E-state index in [0.29, 0.717) is 10.8 Å². The van der Waals surface area contributed by atoms with Gasteiger partial charge in [-0.25, -0.2) is 4.39 Å². The fraction of sp³-hybridized carbons (Fsp3) is 0.136. The summed E-state index contributed by atoms with van der Waals surface area (Å²) in [6.45, 7) is 2.10. The summed E-state index contributed by atoms with van der Waals surface area (Å²) >= 11 is 2.99. The molecule has 4 rings (SSSR count). The Morgan fingerprint density at radius 2 is 1.87 bits per heavy atom. The molecule has 1 N–H and O–H groups in total. The molecule has 0 aliphatic rings. The molecule has 0 saturated carbocycles. The summed E-state index contributed by atoms with van der Waals surface area (Å²) in [6, 6.07) is 15.9. The molecule has 2 heterocycles. The quantitative estimate of drug-likeness (QED) is 0.410. The van der Waals surface area contributed by atoms with Crippen molar-refractivity contribution < 1.29 is 9.18 Å². The van der Waals surface area contributed by atoms with Gasteiger partial charge in [0.1, 0.15) is 5.82 Å². The lowest BCUT2D eigenvalue weighted by atomic mass is 10.0. The standard InChI is InChI=1S/C22H19FN4OS2/c1-14-20(15-6-4-3-5-7-15)18(12-29-14)21-25-26-22(27(21)2)30-13-19(28)24-17-10-8-16(23)9-11-17/h3-12H,13H2,1-2H3,(H,24,28). The van der Waals surface area contributed by atoms with Crippen LogP contribution in [0.1, 0.15) is 4.88 Å². The van der Waals surface area contributed by atoms with Gasteiger partial charge in [0.15, 0.2) is 11.0 Å². The number of hydrogen-bond donors (Lipinski definition) is 1. The van der Waals surface area contributed by atoms with E-state index in [1.165, 1.54) is 40.9 Å². The van der Waals surface area contributed by atoms with Crippen molar-refractivity contribution in [2.75, 3.05) is 11.1 Å². The second-order valence-electron chi connectivity index (χ2n) is 6.66. The lowest BCUT2D eigenvalue weighted by molar-refractivity contribution is -0.113. The number of carbonyl (C=O) groups is 1. The van der Waals surface area contributed by atoms with E-state index in [1.54, 1.807) is 11.3 Å². The minimum absolute atomic E-state index is 0.178. The third-order valence-corrected chi connectivity index (χ3v) is 6.51. The Labute approximate surface area is 182 Å². The minimum Gasteiger partial charge on any atom is -0.325 e. The number of thiophene rings is 1. The van der Waals surface area contributed by atoms with E-state index in [0.717, 1.165) is 22.5 Å². The number of hydrogen-bond acceptors (Lipinski definition) is 5. The van der Waals surface area contributed by atoms with Gasteiger partial charge < -0.3 is 9.88 Å². The van der Waals surface area contributed by atoms with Crippen molar-refractivity contribution in [2.45, 2.75) is 12.1 Å². The summed E-state index contributed by atoms with van der Waals surface area (Å²) in [6.07, 6.45) is 0. The number of nitrogens with one attached hydrogen (secondary N) is 1. The number of nitrogens with zero attached hydrogens (tertiary/aromatic N) is 3. The Balaban J connectivity index is 1.50. The van der Waals surface area contributed by atoms with Gasteiger partial charge in [0, 0.05) is 34.1 Å². The molecule has 2 aromatic heterocycles. The number of aromatic nitrogens is 3. The highest BCUT2D eigenvalue weighted by atomic mass is 32.2. The molecule has 0 spiro atoms. The smallest absolute Gasteiger partial charge is 0.234 e. The Hall–Kier alpha value is -2.97. The molecule has 0 saturated heterocycles. The van der Waals surface area contributed by atoms with Crippen LogP contribution in [-0.2, 0) is 11.8 Å². The number of halogens is 1. The topological polar surface area (TPSA) is 59.8 Å². The first-order valence-electron chi connectivity index (χ1n) is 9.24. The number of aryl methyl sites for hydroxylation is 1. The van der Waals surface area contributed by atoms with Crippen molar-refractivity contribution in [1.82, 2.24) is 14.8 Å². The predicted molar refractivity (Wildman–Crippen MR) is 120 cm³/mol. The first-order valence-corrected chi connectivity index (χ1v) is 11.1. The normalized spacial score (nSPS) is 10.9. The van der Waals surface area contributed by atoms with Crippen molar-refractivity contribution in [3.63, 3.8) is 0 Å². The van der Waals surface area contributed by atoms with E-state index >= 15 is 0 Å². The number of thioether (sulfide) groups is 1. The van der Waals surface area contributed by atoms with E-state index in [9.17, 15) is 9.18 Å². The summed E-state index contributed by atoms with van der Waals surface area (Å²) in [5.74, 6) is 0.414. The van der Waals surface area contributed by atoms with Crippen LogP contribution in [0.5, 0.6) is 0 Å². The number of benzene rings is 2. The van der Waals surface area contributed by atoms with Crippen LogP contribution >= 0.6 is 23.1 Å². The van der Waals surface area contributed by atoms with Crippen LogP contribution in [0.2, 0.25) is 0 Å². The van der Waals surface area contributed by atoms with E-state index in [2.05, 4.69) is 40.0 Å². The first-order chi connectivity index (χ1) is 14.5. The molecule has 0 unspecified atom stereocenters. The zero-order valence-corrected chi connectivity index (χ0v) is 18.1. The third-order valence-electron chi connectivity index (χ3n) is 4.57. The second kappa shape index (κ2) is 8.81. The summed E-state index contributed by atoms with van der Waals surface area (Å²) in [5.41, 5.74) is 3.88. The van der Waals surface area contributed by atoms with Gasteiger partial charge in [-0.05, 0) is 36.8 Å². The van der Waals surface area contributed by atoms with Gasteiger partial charge in [-0.2, -0.15) is 0 Å². The summed E-state index contributed by atoms with van der Waals surface area (Å²) < 4.78 is 14.9. The Morgan fingerprint density at radius 3 is 2.60 bits per heavy atom. The number of amides is 1. The fourth-order valence-corrected chi connectivity index (χ4v) is 4.69. The SMILES string of the molecule is Cc1scc(-c2nnc(SCC(=O)Nc3ccc(F)cc3)n2C)c1-c1ccccc1. The van der Waals surface area contributed by atoms with Crippen molar-refractivity contribution in [3.8, 4) is 22.5 Å². The maximum absolute atomic E-state index is 13.0. The van der Waals surface area contributed by atoms with Crippen molar-refractivity contribution in [3.05, 3.63) is 70.7 Å². The molecule has 8 heteroatoms. The summed E-state index contributed by atoms with van der Waals surface area (Å²) in [4.78, 5) is 13.4. The van der Waals surface area contributed by atoms with E-state index in [4.69, 9.17) is 0 Å². The maximum atomic E-state index is 13.0. The van der Waals surface area contributed by atoms with Gasteiger partial charge in [0.25, 0.3) is 0 Å². The number of anilines is 1. The van der Waals surface area contributed by atoms with Gasteiger partial charge in [0.2, 0.25) is 5.91 Å². The highest BCUT2D eigenvalue weighted by Gasteiger charge is 2.19. The van der Waals surface area contributed by atoms with Crippen LogP contribution in [0.4, 0.5) is 10.1 Å². The van der Waals surface area contributed by atoms with Crippen molar-refractivity contribution >= 4 is 34.7 Å². The zero-order valence-electron chi connectivity index (χ0n) is 16.4. The molecule has 0 aliphatic carbocycles. The maximum Gasteiger partial charge on any atom is 0.234 e. The van der Waals surface area contributed by atoms with E-state index in [-0.39, 0.29) is 17.5 Å².